The van der Waals surface area contributed by atoms with Gasteiger partial charge in [-0.25, -0.2) is 0 Å². The van der Waals surface area contributed by atoms with Gasteiger partial charge >= 0.3 is 0 Å². The van der Waals surface area contributed by atoms with Crippen molar-refractivity contribution in [1.82, 2.24) is 0 Å². The quantitative estimate of drug-likeness (QED) is 0.434. The molecule has 0 unspecified atom stereocenters. The van der Waals surface area contributed by atoms with E-state index in [9.17, 15) is 13.6 Å². The van der Waals surface area contributed by atoms with Crippen LogP contribution < -0.4 is 5.32 Å². The molecule has 0 aromatic heterocycles. The zero-order valence-electron chi connectivity index (χ0n) is 12.7. The summed E-state index contributed by atoms with van der Waals surface area (Å²) in [5.74, 6) is -1.89. The molecule has 2 aromatic rings. The molecule has 0 bridgehead atoms. The number of amides is 1. The number of rotatable bonds is 8. The van der Waals surface area contributed by atoms with E-state index < -0.39 is 5.76 Å². The molecule has 0 saturated heterocycles. The Hall–Kier alpha value is -1.24. The van der Waals surface area contributed by atoms with Crippen LogP contribution in [0.25, 0.3) is 0 Å². The van der Waals surface area contributed by atoms with E-state index in [0.717, 1.165) is 10.6 Å². The van der Waals surface area contributed by atoms with E-state index in [4.69, 9.17) is 11.6 Å². The number of anilines is 1. The highest BCUT2D eigenvalue weighted by Gasteiger charge is 2.11. The molecule has 24 heavy (non-hydrogen) atoms. The molecule has 0 heterocycles. The zero-order chi connectivity index (χ0) is 17.4. The summed E-state index contributed by atoms with van der Waals surface area (Å²) in [7, 11) is 0. The fourth-order valence-electron chi connectivity index (χ4n) is 1.93. The van der Waals surface area contributed by atoms with Gasteiger partial charge < -0.3 is 5.32 Å². The summed E-state index contributed by atoms with van der Waals surface area (Å²) in [5.41, 5.74) is 0.429. The molecule has 0 saturated carbocycles. The van der Waals surface area contributed by atoms with Gasteiger partial charge in [0.2, 0.25) is 5.91 Å². The van der Waals surface area contributed by atoms with Crippen molar-refractivity contribution in [3.05, 3.63) is 53.6 Å². The van der Waals surface area contributed by atoms with E-state index in [-0.39, 0.29) is 5.91 Å². The monoisotopic (exact) mass is 387 g/mol. The lowest BCUT2D eigenvalue weighted by Gasteiger charge is -2.10. The number of alkyl halides is 2. The summed E-state index contributed by atoms with van der Waals surface area (Å²) in [4.78, 5) is 13.4. The first-order valence-corrected chi connectivity index (χ1v) is 9.51. The average molecular weight is 388 g/mol. The number of nitrogens with one attached hydrogen (secondary N) is 1. The topological polar surface area (TPSA) is 29.1 Å². The van der Waals surface area contributed by atoms with Crippen molar-refractivity contribution in [2.45, 2.75) is 28.4 Å². The van der Waals surface area contributed by atoms with Gasteiger partial charge in [0.1, 0.15) is 0 Å². The van der Waals surface area contributed by atoms with Gasteiger partial charge in [0, 0.05) is 21.2 Å². The van der Waals surface area contributed by atoms with Crippen LogP contribution >= 0.6 is 35.1 Å². The van der Waals surface area contributed by atoms with Crippen LogP contribution in [0.3, 0.4) is 0 Å². The predicted molar refractivity (Wildman–Crippen MR) is 98.3 cm³/mol. The smallest absolute Gasteiger partial charge is 0.288 e. The van der Waals surface area contributed by atoms with E-state index in [1.165, 1.54) is 0 Å². The van der Waals surface area contributed by atoms with Crippen LogP contribution in [0.2, 0.25) is 5.02 Å². The lowest BCUT2D eigenvalue weighted by molar-refractivity contribution is -0.116. The molecular formula is C17H16ClF2NOS2. The van der Waals surface area contributed by atoms with Gasteiger partial charge in [-0.15, -0.1) is 11.8 Å². The highest BCUT2D eigenvalue weighted by Crippen LogP contribution is 2.31. The molecule has 0 atom stereocenters. The summed E-state index contributed by atoms with van der Waals surface area (Å²) < 4.78 is 25.0. The molecule has 0 spiro atoms. The van der Waals surface area contributed by atoms with Gasteiger partial charge in [-0.1, -0.05) is 35.5 Å². The van der Waals surface area contributed by atoms with Crippen molar-refractivity contribution in [3.63, 3.8) is 0 Å². The predicted octanol–water partition coefficient (Wildman–Crippen LogP) is 6.17. The minimum absolute atomic E-state index is 0.172. The Morgan fingerprint density at radius 2 is 1.83 bits per heavy atom. The second-order valence-electron chi connectivity index (χ2n) is 4.83. The van der Waals surface area contributed by atoms with Crippen LogP contribution in [0, 0.1) is 0 Å². The van der Waals surface area contributed by atoms with Gasteiger partial charge in [-0.05, 0) is 48.6 Å². The van der Waals surface area contributed by atoms with Gasteiger partial charge in [0.15, 0.2) is 0 Å². The standard InChI is InChI=1S/C17H16ClF2NOS2/c18-12-7-9-13(10-8-12)23-11-3-6-16(22)21-14-4-1-2-5-15(14)24-17(19)20/h1-2,4-5,7-10,17H,3,6,11H2,(H,21,22). The van der Waals surface area contributed by atoms with E-state index in [1.54, 1.807) is 36.0 Å². The maximum atomic E-state index is 12.5. The van der Waals surface area contributed by atoms with Crippen molar-refractivity contribution in [2.24, 2.45) is 0 Å². The van der Waals surface area contributed by atoms with Crippen molar-refractivity contribution < 1.29 is 13.6 Å². The lowest BCUT2D eigenvalue weighted by atomic mass is 10.3. The number of thioether (sulfide) groups is 2. The average Bonchev–Trinajstić information content (AvgIpc) is 2.55. The number of para-hydroxylation sites is 1. The third kappa shape index (κ3) is 6.71. The third-order valence-electron chi connectivity index (χ3n) is 3.01. The fraction of sp³-hybridized carbons (Fsp3) is 0.235. The Morgan fingerprint density at radius 3 is 2.54 bits per heavy atom. The van der Waals surface area contributed by atoms with E-state index in [1.807, 2.05) is 24.3 Å². The fourth-order valence-corrected chi connectivity index (χ4v) is 3.51. The molecule has 2 nitrogen and oxygen atoms in total. The Labute approximate surface area is 153 Å². The molecule has 2 rings (SSSR count). The van der Waals surface area contributed by atoms with E-state index >= 15 is 0 Å². The van der Waals surface area contributed by atoms with Crippen molar-refractivity contribution in [1.29, 1.82) is 0 Å². The van der Waals surface area contributed by atoms with Crippen LogP contribution in [-0.4, -0.2) is 17.4 Å². The van der Waals surface area contributed by atoms with Crippen LogP contribution in [-0.2, 0) is 4.79 Å². The number of hydrogen-bond donors (Lipinski definition) is 1. The first-order chi connectivity index (χ1) is 11.5. The molecule has 7 heteroatoms. The van der Waals surface area contributed by atoms with Crippen molar-refractivity contribution in [2.75, 3.05) is 11.1 Å². The summed E-state index contributed by atoms with van der Waals surface area (Å²) >= 11 is 7.90. The van der Waals surface area contributed by atoms with E-state index in [0.29, 0.717) is 40.2 Å². The summed E-state index contributed by atoms with van der Waals surface area (Å²) in [5, 5.41) is 3.40. The first-order valence-electron chi connectivity index (χ1n) is 7.26. The molecule has 1 amide bonds. The highest BCUT2D eigenvalue weighted by molar-refractivity contribution is 7.99. The van der Waals surface area contributed by atoms with Gasteiger partial charge in [0.25, 0.3) is 5.76 Å². The van der Waals surface area contributed by atoms with Gasteiger partial charge in [-0.3, -0.25) is 4.79 Å². The maximum absolute atomic E-state index is 12.5. The van der Waals surface area contributed by atoms with E-state index in [2.05, 4.69) is 5.32 Å². The van der Waals surface area contributed by atoms with Crippen LogP contribution in [0.4, 0.5) is 14.5 Å². The lowest BCUT2D eigenvalue weighted by Crippen LogP contribution is -2.12. The molecule has 128 valence electrons. The Kier molecular flexibility index (Phi) is 7.88. The van der Waals surface area contributed by atoms with Crippen LogP contribution in [0.1, 0.15) is 12.8 Å². The molecule has 2 aromatic carbocycles. The molecule has 0 fully saturated rings. The maximum Gasteiger partial charge on any atom is 0.288 e. The summed E-state index contributed by atoms with van der Waals surface area (Å²) in [6.07, 6.45) is 1.04. The Balaban J connectivity index is 1.76. The molecule has 1 N–H and O–H groups in total. The molecule has 0 radical (unpaired) electrons. The molecule has 0 aliphatic heterocycles. The minimum Gasteiger partial charge on any atom is -0.325 e. The number of halogens is 3. The number of benzene rings is 2. The van der Waals surface area contributed by atoms with Crippen molar-refractivity contribution >= 4 is 46.7 Å². The third-order valence-corrected chi connectivity index (χ3v) is 5.15. The second-order valence-corrected chi connectivity index (χ2v) is 7.47. The molecule has 0 aliphatic carbocycles. The first kappa shape index (κ1) is 19.1. The van der Waals surface area contributed by atoms with Gasteiger partial charge in [0.05, 0.1) is 5.69 Å². The minimum atomic E-state index is -2.51. The summed E-state index contributed by atoms with van der Waals surface area (Å²) in [6, 6.07) is 14.1. The second kappa shape index (κ2) is 9.91. The van der Waals surface area contributed by atoms with Crippen molar-refractivity contribution in [3.8, 4) is 0 Å². The Morgan fingerprint density at radius 1 is 1.12 bits per heavy atom. The number of hydrogen-bond acceptors (Lipinski definition) is 3. The van der Waals surface area contributed by atoms with Crippen LogP contribution in [0.5, 0.6) is 0 Å². The largest absolute Gasteiger partial charge is 0.325 e. The zero-order valence-corrected chi connectivity index (χ0v) is 15.1. The SMILES string of the molecule is O=C(CCCSc1ccc(Cl)cc1)Nc1ccccc1SC(F)F. The molecular weight excluding hydrogens is 372 g/mol. The van der Waals surface area contributed by atoms with Crippen LogP contribution in [0.15, 0.2) is 58.3 Å². The Bertz CT molecular complexity index is 668. The number of carbonyl (C=O) groups is 1. The highest BCUT2D eigenvalue weighted by atomic mass is 35.5. The van der Waals surface area contributed by atoms with Gasteiger partial charge in [-0.2, -0.15) is 8.78 Å². The molecule has 0 aliphatic rings. The number of carbonyl (C=O) groups excluding carboxylic acids is 1. The normalized spacial score (nSPS) is 10.8. The summed E-state index contributed by atoms with van der Waals surface area (Å²) in [6.45, 7) is 0.